The van der Waals surface area contributed by atoms with Gasteiger partial charge in [-0.15, -0.1) is 5.10 Å². The molecule has 7 rings (SSSR count). The molecule has 3 aromatic heterocycles. The minimum absolute atomic E-state index is 0.199. The third kappa shape index (κ3) is 6.13. The van der Waals surface area contributed by atoms with Crippen molar-refractivity contribution >= 4 is 44.5 Å². The highest BCUT2D eigenvalue weighted by Crippen LogP contribution is 2.29. The molecule has 0 radical (unpaired) electrons. The molecule has 0 amide bonds. The minimum atomic E-state index is -3.65. The molecule has 12 nitrogen and oxygen atoms in total. The fraction of sp³-hybridized carbons (Fsp3) is 0.176. The van der Waals surface area contributed by atoms with Gasteiger partial charge in [0.15, 0.2) is 17.3 Å². The summed E-state index contributed by atoms with van der Waals surface area (Å²) in [6.07, 6.45) is 7.17. The van der Waals surface area contributed by atoms with E-state index in [1.807, 2.05) is 60.8 Å². The van der Waals surface area contributed by atoms with Crippen molar-refractivity contribution in [2.45, 2.75) is 4.90 Å². The standard InChI is InChI=1S/C34H30N6O6S2/c1-44-28-14-8-23(20-29(28)45-2)9-15-31-35-34-40(36-31)33(41)30(47-34)21-25-22-39(26-6-4-3-5-7-26)37-32(25)24-10-12-27(13-11-24)48(42,43)38-16-18-46-19-17-38/h3-15,20-22H,16-19H2,1-2H3/b15-9+,30-21-. The van der Waals surface area contributed by atoms with E-state index in [-0.39, 0.29) is 10.5 Å². The summed E-state index contributed by atoms with van der Waals surface area (Å²) in [6, 6.07) is 21.8. The van der Waals surface area contributed by atoms with E-state index >= 15 is 0 Å². The van der Waals surface area contributed by atoms with E-state index in [0.717, 1.165) is 11.3 Å². The van der Waals surface area contributed by atoms with E-state index in [9.17, 15) is 13.2 Å². The van der Waals surface area contributed by atoms with E-state index in [0.29, 0.717) is 69.9 Å². The number of benzene rings is 3. The normalized spacial score (nSPS) is 14.7. The summed E-state index contributed by atoms with van der Waals surface area (Å²) in [7, 11) is -0.497. The second-order valence-corrected chi connectivity index (χ2v) is 13.7. The van der Waals surface area contributed by atoms with Crippen molar-refractivity contribution in [3.05, 3.63) is 111 Å². The smallest absolute Gasteiger partial charge is 0.291 e. The Bertz CT molecular complexity index is 2340. The second kappa shape index (κ2) is 13.2. The summed E-state index contributed by atoms with van der Waals surface area (Å²) in [5, 5.41) is 9.26. The van der Waals surface area contributed by atoms with Crippen molar-refractivity contribution in [2.75, 3.05) is 40.5 Å². The molecule has 0 atom stereocenters. The monoisotopic (exact) mass is 682 g/mol. The highest BCUT2D eigenvalue weighted by atomic mass is 32.2. The number of ether oxygens (including phenoxy) is 3. The van der Waals surface area contributed by atoms with Crippen LogP contribution in [0, 0.1) is 0 Å². The number of methoxy groups -OCH3 is 2. The molecule has 0 N–H and O–H groups in total. The lowest BCUT2D eigenvalue weighted by Gasteiger charge is -2.26. The highest BCUT2D eigenvalue weighted by Gasteiger charge is 2.26. The third-order valence-electron chi connectivity index (χ3n) is 7.82. The van der Waals surface area contributed by atoms with Gasteiger partial charge < -0.3 is 14.2 Å². The van der Waals surface area contributed by atoms with E-state index in [1.54, 1.807) is 55.3 Å². The van der Waals surface area contributed by atoms with E-state index in [4.69, 9.17) is 19.3 Å². The summed E-state index contributed by atoms with van der Waals surface area (Å²) < 4.78 is 47.3. The van der Waals surface area contributed by atoms with Crippen molar-refractivity contribution in [3.63, 3.8) is 0 Å². The summed E-state index contributed by atoms with van der Waals surface area (Å²) in [4.78, 5) is 18.7. The topological polar surface area (TPSA) is 130 Å². The average molecular weight is 683 g/mol. The van der Waals surface area contributed by atoms with Crippen molar-refractivity contribution in [3.8, 4) is 28.4 Å². The largest absolute Gasteiger partial charge is 0.493 e. The maximum Gasteiger partial charge on any atom is 0.291 e. The first-order valence-electron chi connectivity index (χ1n) is 15.0. The number of nitrogens with zero attached hydrogens (tertiary/aromatic N) is 6. The molecule has 3 aromatic carbocycles. The fourth-order valence-electron chi connectivity index (χ4n) is 5.34. The lowest BCUT2D eigenvalue weighted by molar-refractivity contribution is 0.0730. The summed E-state index contributed by atoms with van der Waals surface area (Å²) in [6.45, 7) is 1.37. The Morgan fingerprint density at radius 3 is 2.35 bits per heavy atom. The predicted molar refractivity (Wildman–Crippen MR) is 183 cm³/mol. The number of aromatic nitrogens is 5. The van der Waals surface area contributed by atoms with Gasteiger partial charge in [0.2, 0.25) is 15.0 Å². The second-order valence-electron chi connectivity index (χ2n) is 10.8. The maximum absolute atomic E-state index is 13.5. The van der Waals surface area contributed by atoms with Gasteiger partial charge in [0, 0.05) is 30.4 Å². The van der Waals surface area contributed by atoms with Crippen LogP contribution < -0.4 is 19.6 Å². The lowest BCUT2D eigenvalue weighted by atomic mass is 10.1. The molecular weight excluding hydrogens is 653 g/mol. The van der Waals surface area contributed by atoms with E-state index in [2.05, 4.69) is 10.1 Å². The molecule has 0 aliphatic carbocycles. The van der Waals surface area contributed by atoms with Gasteiger partial charge in [-0.1, -0.05) is 53.8 Å². The Balaban J connectivity index is 1.23. The Hall–Kier alpha value is -5.15. The predicted octanol–water partition coefficient (Wildman–Crippen LogP) is 3.76. The van der Waals surface area contributed by atoms with Crippen molar-refractivity contribution in [1.82, 2.24) is 28.7 Å². The van der Waals surface area contributed by atoms with Gasteiger partial charge in [-0.05, 0) is 54.1 Å². The summed E-state index contributed by atoms with van der Waals surface area (Å²) in [5.41, 5.74) is 3.35. The Morgan fingerprint density at radius 1 is 0.896 bits per heavy atom. The molecule has 4 heterocycles. The van der Waals surface area contributed by atoms with Crippen molar-refractivity contribution < 1.29 is 22.6 Å². The van der Waals surface area contributed by atoms with Crippen LogP contribution in [0.2, 0.25) is 0 Å². The Morgan fingerprint density at radius 2 is 1.65 bits per heavy atom. The minimum Gasteiger partial charge on any atom is -0.493 e. The molecule has 0 unspecified atom stereocenters. The van der Waals surface area contributed by atoms with Crippen LogP contribution in [0.1, 0.15) is 17.0 Å². The molecule has 0 saturated carbocycles. The van der Waals surface area contributed by atoms with Crippen LogP contribution in [-0.2, 0) is 14.8 Å². The molecule has 0 spiro atoms. The maximum atomic E-state index is 13.5. The molecule has 1 aliphatic heterocycles. The first kappa shape index (κ1) is 31.4. The zero-order valence-corrected chi connectivity index (χ0v) is 27.6. The lowest BCUT2D eigenvalue weighted by Crippen LogP contribution is -2.40. The van der Waals surface area contributed by atoms with Crippen LogP contribution in [0.25, 0.3) is 40.1 Å². The van der Waals surface area contributed by atoms with Gasteiger partial charge in [0.25, 0.3) is 5.56 Å². The SMILES string of the molecule is COc1ccc(/C=C/c2nc3s/c(=C\c4cn(-c5ccccc5)nc4-c4ccc(S(=O)(=O)N5CCOCC5)cc4)c(=O)n3n2)cc1OC. The highest BCUT2D eigenvalue weighted by molar-refractivity contribution is 7.89. The summed E-state index contributed by atoms with van der Waals surface area (Å²) >= 11 is 1.22. The molecule has 1 fully saturated rings. The molecule has 0 bridgehead atoms. The number of sulfonamides is 1. The van der Waals surface area contributed by atoms with Crippen LogP contribution in [0.3, 0.4) is 0 Å². The van der Waals surface area contributed by atoms with Gasteiger partial charge in [-0.2, -0.15) is 18.9 Å². The van der Waals surface area contributed by atoms with Gasteiger partial charge >= 0.3 is 0 Å². The third-order valence-corrected chi connectivity index (χ3v) is 10.7. The van der Waals surface area contributed by atoms with Crippen LogP contribution >= 0.6 is 11.3 Å². The van der Waals surface area contributed by atoms with E-state index in [1.165, 1.54) is 20.2 Å². The molecule has 6 aromatic rings. The number of morpholine rings is 1. The number of thiazole rings is 1. The molecular formula is C34H30N6O6S2. The van der Waals surface area contributed by atoms with Crippen molar-refractivity contribution in [1.29, 1.82) is 0 Å². The number of fused-ring (bicyclic) bond motifs is 1. The first-order chi connectivity index (χ1) is 23.3. The number of hydrogen-bond acceptors (Lipinski definition) is 10. The van der Waals surface area contributed by atoms with Gasteiger partial charge in [-0.3, -0.25) is 4.79 Å². The van der Waals surface area contributed by atoms with Gasteiger partial charge in [0.05, 0.1) is 48.2 Å². The van der Waals surface area contributed by atoms with Crippen LogP contribution in [0.4, 0.5) is 0 Å². The van der Waals surface area contributed by atoms with E-state index < -0.39 is 10.0 Å². The quantitative estimate of drug-likeness (QED) is 0.224. The molecule has 14 heteroatoms. The van der Waals surface area contributed by atoms with Crippen LogP contribution in [0.15, 0.2) is 88.7 Å². The number of hydrogen-bond donors (Lipinski definition) is 0. The Labute approximate surface area is 279 Å². The van der Waals surface area contributed by atoms with Gasteiger partial charge in [-0.25, -0.2) is 13.1 Å². The van der Waals surface area contributed by atoms with Crippen molar-refractivity contribution in [2.24, 2.45) is 0 Å². The van der Waals surface area contributed by atoms with Crippen LogP contribution in [0.5, 0.6) is 11.5 Å². The Kier molecular flexibility index (Phi) is 8.62. The van der Waals surface area contributed by atoms with Crippen LogP contribution in [-0.4, -0.2) is 77.6 Å². The zero-order chi connectivity index (χ0) is 33.3. The average Bonchev–Trinajstić information content (AvgIpc) is 3.82. The summed E-state index contributed by atoms with van der Waals surface area (Å²) in [5.74, 6) is 1.62. The number of para-hydroxylation sites is 1. The fourth-order valence-corrected chi connectivity index (χ4v) is 7.65. The zero-order valence-electron chi connectivity index (χ0n) is 26.0. The first-order valence-corrected chi connectivity index (χ1v) is 17.2. The van der Waals surface area contributed by atoms with Gasteiger partial charge in [0.1, 0.15) is 0 Å². The number of rotatable bonds is 9. The molecule has 1 aliphatic rings. The molecule has 244 valence electrons. The molecule has 1 saturated heterocycles. The molecule has 48 heavy (non-hydrogen) atoms.